The molecule has 1 atom stereocenters. The number of amides is 2. The first-order valence-corrected chi connectivity index (χ1v) is 10.8. The first-order chi connectivity index (χ1) is 13.2. The van der Waals surface area contributed by atoms with Crippen LogP contribution in [0, 0.1) is 0 Å². The largest absolute Gasteiger partial charge is 0.352 e. The Morgan fingerprint density at radius 1 is 0.963 bits per heavy atom. The van der Waals surface area contributed by atoms with Crippen LogP contribution in [0.3, 0.4) is 0 Å². The van der Waals surface area contributed by atoms with Gasteiger partial charge in [0.05, 0.1) is 4.88 Å². The summed E-state index contributed by atoms with van der Waals surface area (Å²) in [6.45, 7) is 0. The van der Waals surface area contributed by atoms with Crippen LogP contribution < -0.4 is 10.6 Å². The summed E-state index contributed by atoms with van der Waals surface area (Å²) in [4.78, 5) is 26.2. The van der Waals surface area contributed by atoms with Crippen molar-refractivity contribution in [2.24, 2.45) is 0 Å². The lowest BCUT2D eigenvalue weighted by Gasteiger charge is -2.25. The SMILES string of the molecule is O=C(NC(Cc1ccccc1)C(=O)NC1CCCCCCC1)c1cccs1. The number of hydrogen-bond donors (Lipinski definition) is 2. The van der Waals surface area contributed by atoms with Gasteiger partial charge in [0, 0.05) is 12.5 Å². The molecule has 0 saturated heterocycles. The zero-order chi connectivity index (χ0) is 18.9. The molecule has 1 saturated carbocycles. The van der Waals surface area contributed by atoms with Gasteiger partial charge in [-0.05, 0) is 29.9 Å². The molecule has 1 aromatic carbocycles. The Bertz CT molecular complexity index is 707. The topological polar surface area (TPSA) is 58.2 Å². The summed E-state index contributed by atoms with van der Waals surface area (Å²) in [7, 11) is 0. The Morgan fingerprint density at radius 3 is 2.33 bits per heavy atom. The van der Waals surface area contributed by atoms with E-state index in [9.17, 15) is 9.59 Å². The Balaban J connectivity index is 1.67. The summed E-state index contributed by atoms with van der Waals surface area (Å²) < 4.78 is 0. The molecule has 2 N–H and O–H groups in total. The van der Waals surface area contributed by atoms with E-state index in [4.69, 9.17) is 0 Å². The molecule has 1 aromatic heterocycles. The molecule has 1 fully saturated rings. The van der Waals surface area contributed by atoms with Crippen molar-refractivity contribution >= 4 is 23.2 Å². The second kappa shape index (κ2) is 10.3. The molecular weight excluding hydrogens is 356 g/mol. The summed E-state index contributed by atoms with van der Waals surface area (Å²) in [5, 5.41) is 8.02. The molecule has 1 aliphatic rings. The molecule has 4 nitrogen and oxygen atoms in total. The van der Waals surface area contributed by atoms with E-state index in [0.29, 0.717) is 11.3 Å². The first kappa shape index (κ1) is 19.6. The van der Waals surface area contributed by atoms with Gasteiger partial charge in [0.2, 0.25) is 5.91 Å². The smallest absolute Gasteiger partial charge is 0.262 e. The van der Waals surface area contributed by atoms with E-state index in [-0.39, 0.29) is 17.9 Å². The highest BCUT2D eigenvalue weighted by Gasteiger charge is 2.24. The fourth-order valence-electron chi connectivity index (χ4n) is 3.60. The van der Waals surface area contributed by atoms with Crippen LogP contribution in [0.4, 0.5) is 0 Å². The average molecular weight is 385 g/mol. The second-order valence-corrected chi connectivity index (χ2v) is 8.19. The Morgan fingerprint density at radius 2 is 1.67 bits per heavy atom. The molecule has 3 rings (SSSR count). The molecule has 1 heterocycles. The average Bonchev–Trinajstić information content (AvgIpc) is 3.19. The summed E-state index contributed by atoms with van der Waals surface area (Å²) >= 11 is 1.39. The molecule has 0 spiro atoms. The molecule has 2 amide bonds. The summed E-state index contributed by atoms with van der Waals surface area (Å²) in [6, 6.07) is 13.1. The zero-order valence-corrected chi connectivity index (χ0v) is 16.5. The van der Waals surface area contributed by atoms with Crippen LogP contribution in [0.2, 0.25) is 0 Å². The summed E-state index contributed by atoms with van der Waals surface area (Å²) in [6.07, 6.45) is 8.67. The number of thiophene rings is 1. The van der Waals surface area contributed by atoms with Gasteiger partial charge < -0.3 is 10.6 Å². The maximum Gasteiger partial charge on any atom is 0.262 e. The molecule has 1 unspecified atom stereocenters. The molecule has 27 heavy (non-hydrogen) atoms. The molecule has 0 radical (unpaired) electrons. The molecule has 2 aromatic rings. The lowest BCUT2D eigenvalue weighted by atomic mass is 9.96. The minimum Gasteiger partial charge on any atom is -0.352 e. The number of rotatable bonds is 6. The van der Waals surface area contributed by atoms with Crippen LogP contribution in [-0.4, -0.2) is 23.9 Å². The standard InChI is InChI=1S/C22H28N2O2S/c25-21(23-18-12-7-2-1-3-8-13-18)19(16-17-10-5-4-6-11-17)24-22(26)20-14-9-15-27-20/h4-6,9-11,14-15,18-19H,1-3,7-8,12-13,16H2,(H,23,25)(H,24,26). The molecule has 0 bridgehead atoms. The maximum atomic E-state index is 13.0. The first-order valence-electron chi connectivity index (χ1n) is 9.91. The van der Waals surface area contributed by atoms with E-state index in [1.54, 1.807) is 6.07 Å². The van der Waals surface area contributed by atoms with Crippen molar-refractivity contribution in [3.63, 3.8) is 0 Å². The van der Waals surface area contributed by atoms with Crippen LogP contribution >= 0.6 is 11.3 Å². The summed E-state index contributed by atoms with van der Waals surface area (Å²) in [5.41, 5.74) is 1.04. The van der Waals surface area contributed by atoms with E-state index < -0.39 is 6.04 Å². The van der Waals surface area contributed by atoms with E-state index in [1.165, 1.54) is 30.6 Å². The highest BCUT2D eigenvalue weighted by Crippen LogP contribution is 2.17. The van der Waals surface area contributed by atoms with Crippen LogP contribution in [-0.2, 0) is 11.2 Å². The second-order valence-electron chi connectivity index (χ2n) is 7.24. The fourth-order valence-corrected chi connectivity index (χ4v) is 4.23. The normalized spacial score (nSPS) is 16.7. The number of hydrogen-bond acceptors (Lipinski definition) is 3. The predicted molar refractivity (Wildman–Crippen MR) is 110 cm³/mol. The van der Waals surface area contributed by atoms with Gasteiger partial charge in [0.15, 0.2) is 0 Å². The van der Waals surface area contributed by atoms with Gasteiger partial charge in [-0.3, -0.25) is 9.59 Å². The van der Waals surface area contributed by atoms with Crippen LogP contribution in [0.15, 0.2) is 47.8 Å². The van der Waals surface area contributed by atoms with Crippen LogP contribution in [0.1, 0.15) is 60.2 Å². The third-order valence-corrected chi connectivity index (χ3v) is 5.97. The number of carbonyl (C=O) groups is 2. The van der Waals surface area contributed by atoms with E-state index in [2.05, 4.69) is 10.6 Å². The monoisotopic (exact) mass is 384 g/mol. The Hall–Kier alpha value is -2.14. The van der Waals surface area contributed by atoms with Crippen molar-refractivity contribution in [3.8, 4) is 0 Å². The van der Waals surface area contributed by atoms with Crippen LogP contribution in [0.5, 0.6) is 0 Å². The highest BCUT2D eigenvalue weighted by atomic mass is 32.1. The summed E-state index contributed by atoms with van der Waals surface area (Å²) in [5.74, 6) is -0.256. The zero-order valence-electron chi connectivity index (χ0n) is 15.7. The van der Waals surface area contributed by atoms with Gasteiger partial charge in [-0.25, -0.2) is 0 Å². The fraction of sp³-hybridized carbons (Fsp3) is 0.455. The van der Waals surface area contributed by atoms with Gasteiger partial charge >= 0.3 is 0 Å². The van der Waals surface area contributed by atoms with Gasteiger partial charge in [0.25, 0.3) is 5.91 Å². The van der Waals surface area contributed by atoms with Crippen LogP contribution in [0.25, 0.3) is 0 Å². The van der Waals surface area contributed by atoms with E-state index in [0.717, 1.165) is 31.2 Å². The van der Waals surface area contributed by atoms with Crippen molar-refractivity contribution in [1.82, 2.24) is 10.6 Å². The third-order valence-electron chi connectivity index (χ3n) is 5.10. The predicted octanol–water partition coefficient (Wildman–Crippen LogP) is 4.32. The number of nitrogens with one attached hydrogen (secondary N) is 2. The van der Waals surface area contributed by atoms with Crippen molar-refractivity contribution in [1.29, 1.82) is 0 Å². The molecule has 0 aliphatic heterocycles. The minimum absolute atomic E-state index is 0.0747. The van der Waals surface area contributed by atoms with Crippen molar-refractivity contribution < 1.29 is 9.59 Å². The third kappa shape index (κ3) is 6.21. The lowest BCUT2D eigenvalue weighted by molar-refractivity contribution is -0.123. The van der Waals surface area contributed by atoms with Gasteiger partial charge in [-0.15, -0.1) is 11.3 Å². The molecule has 5 heteroatoms. The number of carbonyl (C=O) groups excluding carboxylic acids is 2. The molecule has 144 valence electrons. The van der Waals surface area contributed by atoms with Gasteiger partial charge in [-0.2, -0.15) is 0 Å². The van der Waals surface area contributed by atoms with Crippen molar-refractivity contribution in [2.45, 2.75) is 63.5 Å². The molecule has 1 aliphatic carbocycles. The quantitative estimate of drug-likeness (QED) is 0.779. The van der Waals surface area contributed by atoms with E-state index >= 15 is 0 Å². The van der Waals surface area contributed by atoms with Crippen molar-refractivity contribution in [3.05, 3.63) is 58.3 Å². The maximum absolute atomic E-state index is 13.0. The lowest BCUT2D eigenvalue weighted by Crippen LogP contribution is -2.50. The van der Waals surface area contributed by atoms with Crippen molar-refractivity contribution in [2.75, 3.05) is 0 Å². The molecular formula is C22H28N2O2S. The Kier molecular flexibility index (Phi) is 7.45. The van der Waals surface area contributed by atoms with Gasteiger partial charge in [-0.1, -0.05) is 68.5 Å². The van der Waals surface area contributed by atoms with E-state index in [1.807, 2.05) is 41.8 Å². The van der Waals surface area contributed by atoms with Gasteiger partial charge in [0.1, 0.15) is 6.04 Å². The number of benzene rings is 1. The minimum atomic E-state index is -0.563. The highest BCUT2D eigenvalue weighted by molar-refractivity contribution is 7.12. The Labute approximate surface area is 165 Å².